The molecule has 0 radical (unpaired) electrons. The van der Waals surface area contributed by atoms with Crippen molar-refractivity contribution in [3.05, 3.63) is 65.7 Å². The highest BCUT2D eigenvalue weighted by atomic mass is 16.6. The summed E-state index contributed by atoms with van der Waals surface area (Å²) in [5, 5.41) is 8.59. The number of carbonyl (C=O) groups excluding carboxylic acids is 4. The van der Waals surface area contributed by atoms with Gasteiger partial charge >= 0.3 is 6.09 Å². The Morgan fingerprint density at radius 1 is 0.943 bits per heavy atom. The van der Waals surface area contributed by atoms with Crippen molar-refractivity contribution in [3.8, 4) is 0 Å². The van der Waals surface area contributed by atoms with Gasteiger partial charge in [0.15, 0.2) is 0 Å². The van der Waals surface area contributed by atoms with E-state index in [0.717, 1.165) is 0 Å². The molecule has 1 aliphatic rings. The molecule has 2 aromatic rings. The Morgan fingerprint density at radius 2 is 1.63 bits per heavy atom. The molecule has 0 atom stereocenters. The van der Waals surface area contributed by atoms with Gasteiger partial charge in [-0.1, -0.05) is 30.3 Å². The third kappa shape index (κ3) is 7.84. The topological polar surface area (TPSA) is 117 Å². The Balaban J connectivity index is 1.39. The van der Waals surface area contributed by atoms with Crippen molar-refractivity contribution < 1.29 is 23.9 Å². The zero-order valence-electron chi connectivity index (χ0n) is 19.9. The first kappa shape index (κ1) is 25.7. The molecule has 186 valence electrons. The number of rotatable bonds is 9. The van der Waals surface area contributed by atoms with Gasteiger partial charge in [-0.15, -0.1) is 0 Å². The maximum Gasteiger partial charge on any atom is 0.409 e. The number of para-hydroxylation sites is 1. The van der Waals surface area contributed by atoms with Gasteiger partial charge in [-0.3, -0.25) is 14.4 Å². The minimum atomic E-state index is -0.319. The van der Waals surface area contributed by atoms with Crippen LogP contribution in [0.25, 0.3) is 0 Å². The number of hydrogen-bond donors (Lipinski definition) is 3. The molecule has 2 aromatic carbocycles. The molecule has 0 aromatic heterocycles. The lowest BCUT2D eigenvalue weighted by atomic mass is 10.1. The van der Waals surface area contributed by atoms with Crippen LogP contribution in [-0.4, -0.2) is 61.0 Å². The third-order valence-corrected chi connectivity index (χ3v) is 5.71. The summed E-state index contributed by atoms with van der Waals surface area (Å²) in [5.41, 5.74) is 1.28. The second-order valence-corrected chi connectivity index (χ2v) is 8.25. The zero-order chi connectivity index (χ0) is 25.0. The number of nitrogens with zero attached hydrogens (tertiary/aromatic N) is 1. The van der Waals surface area contributed by atoms with Crippen molar-refractivity contribution in [2.45, 2.75) is 38.6 Å². The summed E-state index contributed by atoms with van der Waals surface area (Å²) in [6.45, 7) is 3.56. The first-order chi connectivity index (χ1) is 17.0. The number of piperidine rings is 1. The van der Waals surface area contributed by atoms with Gasteiger partial charge in [0.05, 0.1) is 17.9 Å². The van der Waals surface area contributed by atoms with Gasteiger partial charge in [0.1, 0.15) is 0 Å². The van der Waals surface area contributed by atoms with Gasteiger partial charge in [-0.2, -0.15) is 0 Å². The van der Waals surface area contributed by atoms with E-state index in [1.165, 1.54) is 0 Å². The first-order valence-electron chi connectivity index (χ1n) is 11.9. The number of carbonyl (C=O) groups is 4. The van der Waals surface area contributed by atoms with Crippen LogP contribution < -0.4 is 16.0 Å². The lowest BCUT2D eigenvalue weighted by Gasteiger charge is -2.31. The maximum atomic E-state index is 12.7. The fraction of sp³-hybridized carbons (Fsp3) is 0.385. The average Bonchev–Trinajstić information content (AvgIpc) is 2.88. The first-order valence-corrected chi connectivity index (χ1v) is 11.9. The van der Waals surface area contributed by atoms with Crippen LogP contribution in [0.4, 0.5) is 10.5 Å². The molecule has 1 saturated heterocycles. The highest BCUT2D eigenvalue weighted by molar-refractivity contribution is 6.08. The highest BCUT2D eigenvalue weighted by Crippen LogP contribution is 2.16. The molecule has 1 aliphatic heterocycles. The van der Waals surface area contributed by atoms with Crippen LogP contribution in [0, 0.1) is 0 Å². The quantitative estimate of drug-likeness (QED) is 0.477. The largest absolute Gasteiger partial charge is 0.450 e. The molecule has 35 heavy (non-hydrogen) atoms. The van der Waals surface area contributed by atoms with E-state index in [1.807, 2.05) is 6.07 Å². The summed E-state index contributed by atoms with van der Waals surface area (Å²) in [4.78, 5) is 50.8. The SMILES string of the molecule is CCOC(=O)N1CCC(NC(=O)CCCNC(=O)c2ccccc2NC(=O)c2ccccc2)CC1. The van der Waals surface area contributed by atoms with Gasteiger partial charge < -0.3 is 25.6 Å². The van der Waals surface area contributed by atoms with Crippen molar-refractivity contribution in [2.24, 2.45) is 0 Å². The van der Waals surface area contributed by atoms with E-state index in [9.17, 15) is 19.2 Å². The van der Waals surface area contributed by atoms with Gasteiger partial charge in [0, 0.05) is 37.7 Å². The molecule has 4 amide bonds. The Labute approximate surface area is 205 Å². The molecular formula is C26H32N4O5. The van der Waals surface area contributed by atoms with E-state index < -0.39 is 0 Å². The molecule has 0 spiro atoms. The Bertz CT molecular complexity index is 1020. The lowest BCUT2D eigenvalue weighted by Crippen LogP contribution is -2.46. The maximum absolute atomic E-state index is 12.7. The average molecular weight is 481 g/mol. The number of ether oxygens (including phenoxy) is 1. The lowest BCUT2D eigenvalue weighted by molar-refractivity contribution is -0.122. The van der Waals surface area contributed by atoms with Crippen molar-refractivity contribution in [3.63, 3.8) is 0 Å². The van der Waals surface area contributed by atoms with E-state index >= 15 is 0 Å². The monoisotopic (exact) mass is 480 g/mol. The Kier molecular flexibility index (Phi) is 9.65. The molecule has 3 N–H and O–H groups in total. The Morgan fingerprint density at radius 3 is 2.34 bits per heavy atom. The van der Waals surface area contributed by atoms with Gasteiger partial charge in [0.2, 0.25) is 5.91 Å². The fourth-order valence-corrected chi connectivity index (χ4v) is 3.84. The highest BCUT2D eigenvalue weighted by Gasteiger charge is 2.24. The normalized spacial score (nSPS) is 13.6. The molecule has 0 unspecified atom stereocenters. The Hall–Kier alpha value is -3.88. The summed E-state index contributed by atoms with van der Waals surface area (Å²) in [6, 6.07) is 15.6. The number of likely N-dealkylation sites (tertiary alicyclic amines) is 1. The number of anilines is 1. The van der Waals surface area contributed by atoms with Crippen LogP contribution >= 0.6 is 0 Å². The van der Waals surface area contributed by atoms with Crippen LogP contribution in [0.3, 0.4) is 0 Å². The number of amides is 4. The zero-order valence-corrected chi connectivity index (χ0v) is 19.9. The summed E-state index contributed by atoms with van der Waals surface area (Å²) < 4.78 is 5.01. The van der Waals surface area contributed by atoms with Crippen molar-refractivity contribution >= 4 is 29.5 Å². The van der Waals surface area contributed by atoms with Crippen LogP contribution in [0.2, 0.25) is 0 Å². The van der Waals surface area contributed by atoms with Crippen molar-refractivity contribution in [1.29, 1.82) is 0 Å². The molecule has 0 saturated carbocycles. The third-order valence-electron chi connectivity index (χ3n) is 5.71. The fourth-order valence-electron chi connectivity index (χ4n) is 3.84. The molecule has 9 heteroatoms. The summed E-state index contributed by atoms with van der Waals surface area (Å²) >= 11 is 0. The molecule has 3 rings (SSSR count). The van der Waals surface area contributed by atoms with E-state index in [1.54, 1.807) is 60.4 Å². The summed E-state index contributed by atoms with van der Waals surface area (Å²) in [6.07, 6.45) is 1.83. The van der Waals surface area contributed by atoms with E-state index in [0.29, 0.717) is 62.3 Å². The second-order valence-electron chi connectivity index (χ2n) is 8.25. The van der Waals surface area contributed by atoms with Crippen LogP contribution in [0.1, 0.15) is 53.3 Å². The molecule has 0 bridgehead atoms. The molecule has 1 heterocycles. The summed E-state index contributed by atoms with van der Waals surface area (Å²) in [5.74, 6) is -0.694. The van der Waals surface area contributed by atoms with Gasteiger partial charge in [0.25, 0.3) is 11.8 Å². The molecular weight excluding hydrogens is 448 g/mol. The van der Waals surface area contributed by atoms with E-state index in [4.69, 9.17) is 4.74 Å². The van der Waals surface area contributed by atoms with Crippen LogP contribution in [0.15, 0.2) is 54.6 Å². The van der Waals surface area contributed by atoms with Crippen LogP contribution in [-0.2, 0) is 9.53 Å². The minimum Gasteiger partial charge on any atom is -0.450 e. The standard InChI is InChI=1S/C26H32N4O5/c1-2-35-26(34)30-17-14-20(15-18-30)28-23(31)13-8-16-27-25(33)21-11-6-7-12-22(21)29-24(32)19-9-4-3-5-10-19/h3-7,9-12,20H,2,8,13-18H2,1H3,(H,27,33)(H,28,31)(H,29,32). The van der Waals surface area contributed by atoms with Crippen molar-refractivity contribution in [1.82, 2.24) is 15.5 Å². The van der Waals surface area contributed by atoms with Gasteiger partial charge in [-0.25, -0.2) is 4.79 Å². The molecule has 9 nitrogen and oxygen atoms in total. The van der Waals surface area contributed by atoms with E-state index in [-0.39, 0.29) is 36.3 Å². The van der Waals surface area contributed by atoms with Crippen LogP contribution in [0.5, 0.6) is 0 Å². The van der Waals surface area contributed by atoms with Crippen molar-refractivity contribution in [2.75, 3.05) is 31.6 Å². The molecule has 0 aliphatic carbocycles. The molecule has 1 fully saturated rings. The van der Waals surface area contributed by atoms with Gasteiger partial charge in [-0.05, 0) is 50.5 Å². The second kappa shape index (κ2) is 13.1. The number of nitrogens with one attached hydrogen (secondary N) is 3. The number of benzene rings is 2. The predicted octanol–water partition coefficient (Wildman–Crippen LogP) is 3.19. The smallest absolute Gasteiger partial charge is 0.409 e. The van der Waals surface area contributed by atoms with E-state index in [2.05, 4.69) is 16.0 Å². The minimum absolute atomic E-state index is 0.0304. The number of hydrogen-bond acceptors (Lipinski definition) is 5. The summed E-state index contributed by atoms with van der Waals surface area (Å²) in [7, 11) is 0. The predicted molar refractivity (Wildman–Crippen MR) is 132 cm³/mol.